The first-order chi connectivity index (χ1) is 19.0. The number of carbonyl (C=O) groups is 4. The third kappa shape index (κ3) is 6.63. The predicted molar refractivity (Wildman–Crippen MR) is 136 cm³/mol. The molecule has 1 aliphatic rings. The highest BCUT2D eigenvalue weighted by molar-refractivity contribution is 7.07. The highest BCUT2D eigenvalue weighted by Crippen LogP contribution is 2.32. The Balaban J connectivity index is 1.70. The maximum absolute atomic E-state index is 13.0. The molecule has 1 aromatic carbocycles. The van der Waals surface area contributed by atoms with Gasteiger partial charge in [-0.2, -0.15) is 0 Å². The van der Waals surface area contributed by atoms with E-state index in [0.717, 1.165) is 20.8 Å². The number of carbonyl (C=O) groups excluding carboxylic acids is 4. The lowest BCUT2D eigenvalue weighted by Gasteiger charge is -2.43. The van der Waals surface area contributed by atoms with Gasteiger partial charge in [0.1, 0.15) is 30.3 Å². The predicted octanol–water partition coefficient (Wildman–Crippen LogP) is 2.38. The standard InChI is InChI=1S/C26H25NO12S/c1-12(28)33-9-21-23(35-13(2)29)24(36-14(3)30)25(37-15(4)31)26(39-21)38-16-5-6-17-20(7-16)34-8-18(22(17)32)19-10-40-11-27-19/h5-8,10-11,21,23-26H,9H2,1-4H3/t21-,23-,24+,25-,26-/m1/s1. The zero-order valence-electron chi connectivity index (χ0n) is 21.8. The molecule has 0 spiro atoms. The zero-order valence-corrected chi connectivity index (χ0v) is 22.6. The van der Waals surface area contributed by atoms with Crippen molar-refractivity contribution in [2.75, 3.05) is 6.61 Å². The summed E-state index contributed by atoms with van der Waals surface area (Å²) in [6.07, 6.45) is -5.42. The monoisotopic (exact) mass is 575 g/mol. The van der Waals surface area contributed by atoms with Gasteiger partial charge in [-0.25, -0.2) is 4.98 Å². The average molecular weight is 576 g/mol. The number of ether oxygens (including phenoxy) is 6. The van der Waals surface area contributed by atoms with Crippen molar-refractivity contribution in [3.05, 3.63) is 45.6 Å². The molecule has 1 aliphatic heterocycles. The van der Waals surface area contributed by atoms with Crippen molar-refractivity contribution in [3.63, 3.8) is 0 Å². The molecule has 3 heterocycles. The third-order valence-corrected chi connectivity index (χ3v) is 6.24. The summed E-state index contributed by atoms with van der Waals surface area (Å²) in [5, 5.41) is 1.99. The summed E-state index contributed by atoms with van der Waals surface area (Å²) in [6.45, 7) is 4.14. The van der Waals surface area contributed by atoms with Crippen LogP contribution >= 0.6 is 11.3 Å². The van der Waals surface area contributed by atoms with Crippen molar-refractivity contribution in [1.29, 1.82) is 0 Å². The smallest absolute Gasteiger partial charge is 0.303 e. The molecule has 40 heavy (non-hydrogen) atoms. The fraction of sp³-hybridized carbons (Fsp3) is 0.385. The molecular weight excluding hydrogens is 550 g/mol. The van der Waals surface area contributed by atoms with Crippen LogP contribution in [0.5, 0.6) is 5.75 Å². The molecule has 1 saturated heterocycles. The molecule has 0 aliphatic carbocycles. The van der Waals surface area contributed by atoms with Gasteiger partial charge >= 0.3 is 23.9 Å². The van der Waals surface area contributed by atoms with Gasteiger partial charge in [0.2, 0.25) is 17.8 Å². The minimum Gasteiger partial charge on any atom is -0.463 e. The van der Waals surface area contributed by atoms with Crippen LogP contribution in [0.1, 0.15) is 27.7 Å². The van der Waals surface area contributed by atoms with Crippen LogP contribution in [-0.4, -0.2) is 66.2 Å². The summed E-state index contributed by atoms with van der Waals surface area (Å²) in [6, 6.07) is 4.38. The second-order valence-electron chi connectivity index (χ2n) is 8.70. The van der Waals surface area contributed by atoms with Crippen molar-refractivity contribution in [2.24, 2.45) is 0 Å². The van der Waals surface area contributed by atoms with Crippen molar-refractivity contribution >= 4 is 46.2 Å². The molecule has 0 N–H and O–H groups in total. The first kappa shape index (κ1) is 28.7. The Morgan fingerprint density at radius 1 is 0.925 bits per heavy atom. The second kappa shape index (κ2) is 12.3. The maximum atomic E-state index is 13.0. The third-order valence-electron chi connectivity index (χ3n) is 5.65. The van der Waals surface area contributed by atoms with Gasteiger partial charge in [-0.15, -0.1) is 11.3 Å². The van der Waals surface area contributed by atoms with Crippen molar-refractivity contribution in [3.8, 4) is 17.0 Å². The molecule has 0 unspecified atom stereocenters. The highest BCUT2D eigenvalue weighted by atomic mass is 32.1. The van der Waals surface area contributed by atoms with Gasteiger partial charge in [0.25, 0.3) is 0 Å². The summed E-state index contributed by atoms with van der Waals surface area (Å²) in [5.41, 5.74) is 2.27. The summed E-state index contributed by atoms with van der Waals surface area (Å²) < 4.78 is 38.8. The van der Waals surface area contributed by atoms with E-state index >= 15 is 0 Å². The summed E-state index contributed by atoms with van der Waals surface area (Å²) in [5.74, 6) is -2.79. The molecule has 0 saturated carbocycles. The number of benzene rings is 1. The SMILES string of the molecule is CC(=O)OC[C@H]1O[C@@H](Oc2ccc3c(=O)c(-c4cscn4)coc3c2)[C@H](OC(C)=O)[C@@H](OC(C)=O)[C@@H]1OC(C)=O. The first-order valence-corrected chi connectivity index (χ1v) is 12.9. The molecule has 13 nitrogen and oxygen atoms in total. The Bertz CT molecular complexity index is 1470. The Kier molecular flexibility index (Phi) is 8.80. The van der Waals surface area contributed by atoms with Crippen LogP contribution in [-0.2, 0) is 42.9 Å². The minimum atomic E-state index is -1.43. The van der Waals surface area contributed by atoms with E-state index in [0.29, 0.717) is 11.3 Å². The van der Waals surface area contributed by atoms with Gasteiger partial charge in [-0.3, -0.25) is 24.0 Å². The van der Waals surface area contributed by atoms with E-state index in [1.165, 1.54) is 42.7 Å². The van der Waals surface area contributed by atoms with E-state index in [4.69, 9.17) is 32.8 Å². The number of rotatable bonds is 8. The molecule has 2 aromatic heterocycles. The molecule has 14 heteroatoms. The normalized spacial score (nSPS) is 22.2. The average Bonchev–Trinajstić information content (AvgIpc) is 3.40. The minimum absolute atomic E-state index is 0.137. The van der Waals surface area contributed by atoms with E-state index in [2.05, 4.69) is 4.98 Å². The zero-order chi connectivity index (χ0) is 29.0. The fourth-order valence-corrected chi connectivity index (χ4v) is 4.67. The summed E-state index contributed by atoms with van der Waals surface area (Å²) in [7, 11) is 0. The molecule has 0 radical (unpaired) electrons. The van der Waals surface area contributed by atoms with E-state index in [9.17, 15) is 24.0 Å². The molecule has 0 bridgehead atoms. The van der Waals surface area contributed by atoms with Crippen LogP contribution < -0.4 is 10.2 Å². The van der Waals surface area contributed by atoms with Crippen LogP contribution in [0, 0.1) is 0 Å². The van der Waals surface area contributed by atoms with Crippen LogP contribution in [0.3, 0.4) is 0 Å². The van der Waals surface area contributed by atoms with E-state index in [1.807, 2.05) is 0 Å². The Hall–Kier alpha value is -4.30. The van der Waals surface area contributed by atoms with Crippen LogP contribution in [0.15, 0.2) is 44.6 Å². The van der Waals surface area contributed by atoms with Gasteiger partial charge in [0, 0.05) is 39.1 Å². The van der Waals surface area contributed by atoms with Crippen LogP contribution in [0.4, 0.5) is 0 Å². The lowest BCUT2D eigenvalue weighted by molar-refractivity contribution is -0.288. The molecular formula is C26H25NO12S. The first-order valence-electron chi connectivity index (χ1n) is 11.9. The molecule has 4 rings (SSSR count). The molecule has 1 fully saturated rings. The van der Waals surface area contributed by atoms with E-state index in [-0.39, 0.29) is 22.1 Å². The van der Waals surface area contributed by atoms with E-state index in [1.54, 1.807) is 10.9 Å². The second-order valence-corrected chi connectivity index (χ2v) is 9.41. The largest absolute Gasteiger partial charge is 0.463 e. The number of aromatic nitrogens is 1. The number of fused-ring (bicyclic) bond motifs is 1. The lowest BCUT2D eigenvalue weighted by Crippen LogP contribution is -2.63. The molecule has 212 valence electrons. The maximum Gasteiger partial charge on any atom is 0.303 e. The highest BCUT2D eigenvalue weighted by Gasteiger charge is 2.53. The Morgan fingerprint density at radius 3 is 2.23 bits per heavy atom. The number of thiazole rings is 1. The number of hydrogen-bond acceptors (Lipinski definition) is 14. The Morgan fingerprint density at radius 2 is 1.60 bits per heavy atom. The Labute approximate surface area is 230 Å². The van der Waals surface area contributed by atoms with Crippen LogP contribution in [0.2, 0.25) is 0 Å². The molecule has 3 aromatic rings. The van der Waals surface area contributed by atoms with Gasteiger partial charge in [0.15, 0.2) is 12.2 Å². The topological polar surface area (TPSA) is 167 Å². The van der Waals surface area contributed by atoms with E-state index < -0.39 is 61.2 Å². The van der Waals surface area contributed by atoms with Gasteiger partial charge in [0.05, 0.1) is 22.2 Å². The number of nitrogens with zero attached hydrogens (tertiary/aromatic N) is 1. The lowest BCUT2D eigenvalue weighted by atomic mass is 9.98. The van der Waals surface area contributed by atoms with Gasteiger partial charge in [-0.05, 0) is 12.1 Å². The summed E-state index contributed by atoms with van der Waals surface area (Å²) in [4.78, 5) is 64.5. The number of hydrogen-bond donors (Lipinski definition) is 0. The molecule has 0 amide bonds. The quantitative estimate of drug-likeness (QED) is 0.284. The molecule has 5 atom stereocenters. The van der Waals surface area contributed by atoms with Crippen LogP contribution in [0.25, 0.3) is 22.2 Å². The van der Waals surface area contributed by atoms with Gasteiger partial charge in [-0.1, -0.05) is 0 Å². The summed E-state index contributed by atoms with van der Waals surface area (Å²) >= 11 is 1.34. The van der Waals surface area contributed by atoms with Crippen molar-refractivity contribution in [2.45, 2.75) is 58.4 Å². The van der Waals surface area contributed by atoms with Crippen molar-refractivity contribution in [1.82, 2.24) is 4.98 Å². The van der Waals surface area contributed by atoms with Crippen molar-refractivity contribution < 1.29 is 52.0 Å². The number of esters is 4. The fourth-order valence-electron chi connectivity index (χ4n) is 4.12. The van der Waals surface area contributed by atoms with Gasteiger partial charge < -0.3 is 32.8 Å².